The van der Waals surface area contributed by atoms with E-state index in [0.29, 0.717) is 0 Å². The molecule has 124 valence electrons. The van der Waals surface area contributed by atoms with Crippen LogP contribution in [0.3, 0.4) is 0 Å². The highest BCUT2D eigenvalue weighted by molar-refractivity contribution is 7.89. The molecule has 0 unspecified atom stereocenters. The van der Waals surface area contributed by atoms with Gasteiger partial charge in [-0.3, -0.25) is 10.0 Å². The number of rotatable bonds is 4. The number of sulfonamides is 1. The van der Waals surface area contributed by atoms with Crippen molar-refractivity contribution in [3.63, 3.8) is 0 Å². The molecule has 0 aromatic heterocycles. The van der Waals surface area contributed by atoms with Crippen LogP contribution in [0.4, 0.5) is 0 Å². The quantitative estimate of drug-likeness (QED) is 0.577. The molecule has 7 nitrogen and oxygen atoms in total. The number of carbonyl (C=O) groups is 1. The van der Waals surface area contributed by atoms with Crippen molar-refractivity contribution in [2.45, 2.75) is 43.5 Å². The molecule has 0 saturated carbocycles. The van der Waals surface area contributed by atoms with Crippen molar-refractivity contribution >= 4 is 15.9 Å². The summed E-state index contributed by atoms with van der Waals surface area (Å²) < 4.78 is 32.7. The molecule has 1 amide bonds. The van der Waals surface area contributed by atoms with Crippen molar-refractivity contribution in [2.24, 2.45) is 0 Å². The lowest BCUT2D eigenvalue weighted by atomic mass is 10.1. The van der Waals surface area contributed by atoms with E-state index in [-0.39, 0.29) is 4.90 Å². The summed E-state index contributed by atoms with van der Waals surface area (Å²) >= 11 is 0. The van der Waals surface area contributed by atoms with E-state index in [9.17, 15) is 13.2 Å². The Morgan fingerprint density at radius 1 is 1.30 bits per heavy atom. The van der Waals surface area contributed by atoms with Crippen molar-refractivity contribution in [3.8, 4) is 11.3 Å². The van der Waals surface area contributed by atoms with Gasteiger partial charge in [-0.25, -0.2) is 13.9 Å². The van der Waals surface area contributed by atoms with Gasteiger partial charge in [0, 0.05) is 5.56 Å². The zero-order chi connectivity index (χ0) is 16.8. The van der Waals surface area contributed by atoms with E-state index in [4.69, 9.17) is 9.62 Å². The van der Waals surface area contributed by atoms with Gasteiger partial charge < -0.3 is 4.42 Å². The zero-order valence-corrected chi connectivity index (χ0v) is 13.7. The van der Waals surface area contributed by atoms with E-state index in [1.807, 2.05) is 6.07 Å². The van der Waals surface area contributed by atoms with E-state index in [1.54, 1.807) is 0 Å². The van der Waals surface area contributed by atoms with E-state index in [0.717, 1.165) is 36.1 Å². The summed E-state index contributed by atoms with van der Waals surface area (Å²) in [5.74, 6) is -0.129. The average Bonchev–Trinajstić information content (AvgIpc) is 3.04. The van der Waals surface area contributed by atoms with E-state index in [2.05, 4.69) is 4.72 Å². The number of hydrogen-bond acceptors (Lipinski definition) is 5. The van der Waals surface area contributed by atoms with Gasteiger partial charge in [-0.15, -0.1) is 0 Å². The topological polar surface area (TPSA) is 109 Å². The van der Waals surface area contributed by atoms with Gasteiger partial charge in [-0.05, 0) is 56.4 Å². The predicted octanol–water partition coefficient (Wildman–Crippen LogP) is 1.44. The maximum absolute atomic E-state index is 12.5. The Kier molecular flexibility index (Phi) is 3.70. The average molecular weight is 338 g/mol. The van der Waals surface area contributed by atoms with Crippen LogP contribution in [0.2, 0.25) is 0 Å². The van der Waals surface area contributed by atoms with Crippen LogP contribution in [0.15, 0.2) is 27.7 Å². The predicted molar refractivity (Wildman–Crippen MR) is 81.7 cm³/mol. The van der Waals surface area contributed by atoms with Crippen molar-refractivity contribution in [2.75, 3.05) is 0 Å². The first kappa shape index (κ1) is 16.0. The molecule has 3 N–H and O–H groups in total. The van der Waals surface area contributed by atoms with Gasteiger partial charge in [0.2, 0.25) is 10.0 Å². The lowest BCUT2D eigenvalue weighted by molar-refractivity contribution is -0.134. The number of carbonyl (C=O) groups excluding carboxylic acids is 1. The largest absolute Gasteiger partial charge is 0.463 e. The second-order valence-electron chi connectivity index (χ2n) is 6.24. The maximum Gasteiger partial charge on any atom is 0.264 e. The number of hydrogen-bond donors (Lipinski definition) is 3. The minimum absolute atomic E-state index is 0.0625. The molecule has 2 aliphatic carbocycles. The Hall–Kier alpha value is -1.90. The Morgan fingerprint density at radius 3 is 2.74 bits per heavy atom. The molecule has 1 heterocycles. The third-order valence-electron chi connectivity index (χ3n) is 4.09. The lowest BCUT2D eigenvalue weighted by Crippen LogP contribution is -2.53. The standard InChI is InChI=1S/C15H18N2O5S/c1-15(2,14(18)16-19)17-23(20,21)11-7-10-6-9-4-3-5-12(9)13(10)22-8-11/h6-8,17,19H,3-5H2,1-2H3,(H,16,18). The summed E-state index contributed by atoms with van der Waals surface area (Å²) in [5.41, 5.74) is 3.03. The highest BCUT2D eigenvalue weighted by atomic mass is 32.2. The van der Waals surface area contributed by atoms with Crippen LogP contribution in [-0.2, 0) is 27.7 Å². The molecular weight excluding hydrogens is 320 g/mol. The van der Waals surface area contributed by atoms with Crippen LogP contribution in [0.25, 0.3) is 11.3 Å². The zero-order valence-electron chi connectivity index (χ0n) is 12.8. The SMILES string of the molecule is CC(C)(NS(=O)(=O)c1coc2c3c(cc-2c1)CCC3)C(=O)NO. The minimum atomic E-state index is -3.97. The number of amides is 1. The summed E-state index contributed by atoms with van der Waals surface area (Å²) in [5, 5.41) is 8.69. The van der Waals surface area contributed by atoms with Crippen LogP contribution in [-0.4, -0.2) is 25.1 Å². The molecule has 3 aliphatic rings. The Labute approximate surface area is 134 Å². The molecule has 0 spiro atoms. The molecule has 0 fully saturated rings. The first-order valence-electron chi connectivity index (χ1n) is 7.26. The third-order valence-corrected chi connectivity index (χ3v) is 5.70. The number of aryl methyl sites for hydroxylation is 1. The van der Waals surface area contributed by atoms with Gasteiger partial charge in [0.25, 0.3) is 5.91 Å². The van der Waals surface area contributed by atoms with Gasteiger partial charge in [-0.1, -0.05) is 0 Å². The van der Waals surface area contributed by atoms with Crippen LogP contribution < -0.4 is 10.2 Å². The Bertz CT molecular complexity index is 838. The maximum atomic E-state index is 12.5. The summed E-state index contributed by atoms with van der Waals surface area (Å²) in [6, 6.07) is 3.48. The summed E-state index contributed by atoms with van der Waals surface area (Å²) in [6.07, 6.45) is 4.18. The van der Waals surface area contributed by atoms with E-state index in [1.165, 1.54) is 37.2 Å². The van der Waals surface area contributed by atoms with Crippen LogP contribution in [0.1, 0.15) is 31.4 Å². The minimum Gasteiger partial charge on any atom is -0.463 e. The number of fused-ring (bicyclic) bond motifs is 3. The highest BCUT2D eigenvalue weighted by Crippen LogP contribution is 2.38. The van der Waals surface area contributed by atoms with E-state index >= 15 is 0 Å². The molecule has 0 bridgehead atoms. The van der Waals surface area contributed by atoms with E-state index < -0.39 is 21.5 Å². The van der Waals surface area contributed by atoms with Crippen molar-refractivity contribution in [1.29, 1.82) is 0 Å². The van der Waals surface area contributed by atoms with Gasteiger partial charge >= 0.3 is 0 Å². The second kappa shape index (κ2) is 5.33. The molecule has 0 saturated heterocycles. The smallest absolute Gasteiger partial charge is 0.264 e. The van der Waals surface area contributed by atoms with Crippen LogP contribution in [0.5, 0.6) is 0 Å². The lowest BCUT2D eigenvalue weighted by Gasteiger charge is -2.23. The summed E-state index contributed by atoms with van der Waals surface area (Å²) in [7, 11) is -3.97. The van der Waals surface area contributed by atoms with Gasteiger partial charge in [0.15, 0.2) is 0 Å². The van der Waals surface area contributed by atoms with Gasteiger partial charge in [-0.2, -0.15) is 4.72 Å². The first-order valence-corrected chi connectivity index (χ1v) is 8.74. The first-order chi connectivity index (χ1) is 10.7. The fourth-order valence-electron chi connectivity index (χ4n) is 2.89. The molecule has 3 rings (SSSR count). The highest BCUT2D eigenvalue weighted by Gasteiger charge is 2.34. The molecule has 23 heavy (non-hydrogen) atoms. The molecule has 0 aromatic carbocycles. The van der Waals surface area contributed by atoms with Crippen molar-refractivity contribution in [3.05, 3.63) is 29.5 Å². The molecule has 1 aliphatic heterocycles. The summed E-state index contributed by atoms with van der Waals surface area (Å²) in [4.78, 5) is 11.5. The molecular formula is C15H18N2O5S. The van der Waals surface area contributed by atoms with Gasteiger partial charge in [0.05, 0.1) is 0 Å². The summed E-state index contributed by atoms with van der Waals surface area (Å²) in [6.45, 7) is 2.70. The molecule has 8 heteroatoms. The third kappa shape index (κ3) is 2.73. The fraction of sp³-hybridized carbons (Fsp3) is 0.400. The Morgan fingerprint density at radius 2 is 2.04 bits per heavy atom. The van der Waals surface area contributed by atoms with Crippen molar-refractivity contribution < 1.29 is 22.8 Å². The normalized spacial score (nSPS) is 14.9. The second-order valence-corrected chi connectivity index (χ2v) is 7.92. The van der Waals surface area contributed by atoms with Crippen molar-refractivity contribution in [1.82, 2.24) is 10.2 Å². The molecule has 0 aromatic rings. The Balaban J connectivity index is 1.96. The van der Waals surface area contributed by atoms with Gasteiger partial charge in [0.1, 0.15) is 22.5 Å². The monoisotopic (exact) mass is 338 g/mol. The number of nitrogens with one attached hydrogen (secondary N) is 2. The van der Waals surface area contributed by atoms with Crippen LogP contribution >= 0.6 is 0 Å². The van der Waals surface area contributed by atoms with Crippen LogP contribution in [0, 0.1) is 0 Å². The molecule has 0 atom stereocenters. The fourth-order valence-corrected chi connectivity index (χ4v) is 4.22. The number of hydroxylamine groups is 1. The molecule has 0 radical (unpaired) electrons.